The first-order valence-corrected chi connectivity index (χ1v) is 4.13. The van der Waals surface area contributed by atoms with Gasteiger partial charge in [-0.15, -0.1) is 0 Å². The Kier molecular flexibility index (Phi) is 2.56. The molecule has 0 aromatic rings. The minimum Gasteiger partial charge on any atom is -0.412 e. The van der Waals surface area contributed by atoms with E-state index >= 15 is 0 Å². The molecule has 1 fully saturated rings. The van der Waals surface area contributed by atoms with Gasteiger partial charge in [-0.2, -0.15) is 0 Å². The summed E-state index contributed by atoms with van der Waals surface area (Å²) in [6.07, 6.45) is 0. The smallest absolute Gasteiger partial charge is 0.329 e. The SMILES string of the molecule is CCOC1(C)OC(=O)CN1C(C)=O. The van der Waals surface area contributed by atoms with Gasteiger partial charge in [-0.25, -0.2) is 4.79 Å². The highest BCUT2D eigenvalue weighted by Gasteiger charge is 2.45. The minimum absolute atomic E-state index is 0.0359. The van der Waals surface area contributed by atoms with Gasteiger partial charge in [-0.1, -0.05) is 0 Å². The molecule has 1 unspecified atom stereocenters. The molecule has 5 heteroatoms. The second-order valence-electron chi connectivity index (χ2n) is 2.91. The molecular formula is C8H13NO4. The van der Waals surface area contributed by atoms with Crippen LogP contribution in [0.4, 0.5) is 0 Å². The molecule has 0 spiro atoms. The summed E-state index contributed by atoms with van der Waals surface area (Å²) in [5, 5.41) is 0. The van der Waals surface area contributed by atoms with Gasteiger partial charge in [0.2, 0.25) is 5.91 Å². The van der Waals surface area contributed by atoms with E-state index in [1.54, 1.807) is 13.8 Å². The summed E-state index contributed by atoms with van der Waals surface area (Å²) in [7, 11) is 0. The number of carbonyl (C=O) groups is 2. The van der Waals surface area contributed by atoms with Crippen molar-refractivity contribution >= 4 is 11.9 Å². The zero-order valence-corrected chi connectivity index (χ0v) is 7.99. The Morgan fingerprint density at radius 3 is 2.85 bits per heavy atom. The number of cyclic esters (lactones) is 1. The van der Waals surface area contributed by atoms with Crippen LogP contribution < -0.4 is 0 Å². The van der Waals surface area contributed by atoms with Gasteiger partial charge < -0.3 is 9.47 Å². The quantitative estimate of drug-likeness (QED) is 0.575. The zero-order chi connectivity index (χ0) is 10.1. The number of amides is 1. The van der Waals surface area contributed by atoms with Crippen LogP contribution in [0.25, 0.3) is 0 Å². The molecule has 74 valence electrons. The summed E-state index contributed by atoms with van der Waals surface area (Å²) >= 11 is 0. The maximum atomic E-state index is 11.1. The fraction of sp³-hybridized carbons (Fsp3) is 0.750. The molecule has 0 aromatic heterocycles. The van der Waals surface area contributed by atoms with Crippen LogP contribution >= 0.6 is 0 Å². The normalized spacial score (nSPS) is 27.6. The highest BCUT2D eigenvalue weighted by Crippen LogP contribution is 2.24. The topological polar surface area (TPSA) is 55.8 Å². The first kappa shape index (κ1) is 9.98. The number of rotatable bonds is 2. The van der Waals surface area contributed by atoms with Crippen molar-refractivity contribution in [2.75, 3.05) is 13.2 Å². The van der Waals surface area contributed by atoms with Crippen molar-refractivity contribution in [3.63, 3.8) is 0 Å². The van der Waals surface area contributed by atoms with Crippen LogP contribution in [0.5, 0.6) is 0 Å². The summed E-state index contributed by atoms with van der Waals surface area (Å²) in [4.78, 5) is 23.3. The third-order valence-corrected chi connectivity index (χ3v) is 1.87. The molecule has 1 saturated heterocycles. The molecule has 1 aliphatic heterocycles. The van der Waals surface area contributed by atoms with Gasteiger partial charge in [-0.3, -0.25) is 9.69 Å². The average Bonchev–Trinajstić information content (AvgIpc) is 2.26. The number of nitrogens with zero attached hydrogens (tertiary/aromatic N) is 1. The van der Waals surface area contributed by atoms with E-state index in [9.17, 15) is 9.59 Å². The van der Waals surface area contributed by atoms with E-state index in [2.05, 4.69) is 0 Å². The lowest BCUT2D eigenvalue weighted by atomic mass is 10.4. The Bertz CT molecular complexity index is 240. The van der Waals surface area contributed by atoms with Crippen LogP contribution in [0.1, 0.15) is 20.8 Å². The standard InChI is InChI=1S/C8H13NO4/c1-4-12-8(3)9(6(2)10)5-7(11)13-8/h4-5H2,1-3H3. The van der Waals surface area contributed by atoms with E-state index in [0.29, 0.717) is 6.61 Å². The van der Waals surface area contributed by atoms with E-state index in [0.717, 1.165) is 0 Å². The molecule has 13 heavy (non-hydrogen) atoms. The predicted molar refractivity (Wildman–Crippen MR) is 43.5 cm³/mol. The molecule has 0 aromatic carbocycles. The van der Waals surface area contributed by atoms with Crippen molar-refractivity contribution in [1.82, 2.24) is 4.90 Å². The molecule has 1 rings (SSSR count). The van der Waals surface area contributed by atoms with Crippen LogP contribution in [-0.4, -0.2) is 35.8 Å². The van der Waals surface area contributed by atoms with Crippen LogP contribution in [0.3, 0.4) is 0 Å². The van der Waals surface area contributed by atoms with Gasteiger partial charge in [0, 0.05) is 13.8 Å². The first-order chi connectivity index (χ1) is 5.99. The molecule has 0 bridgehead atoms. The Labute approximate surface area is 76.6 Å². The monoisotopic (exact) mass is 187 g/mol. The van der Waals surface area contributed by atoms with E-state index in [-0.39, 0.29) is 12.5 Å². The van der Waals surface area contributed by atoms with Crippen molar-refractivity contribution in [2.24, 2.45) is 0 Å². The van der Waals surface area contributed by atoms with Gasteiger partial charge in [0.05, 0.1) is 6.61 Å². The molecule has 0 N–H and O–H groups in total. The Balaban J connectivity index is 2.81. The summed E-state index contributed by atoms with van der Waals surface area (Å²) in [6.45, 7) is 5.05. The van der Waals surface area contributed by atoms with E-state index in [1.165, 1.54) is 11.8 Å². The maximum absolute atomic E-state index is 11.1. The third-order valence-electron chi connectivity index (χ3n) is 1.87. The number of esters is 1. The molecule has 1 atom stereocenters. The highest BCUT2D eigenvalue weighted by molar-refractivity contribution is 5.83. The lowest BCUT2D eigenvalue weighted by Crippen LogP contribution is -2.47. The van der Waals surface area contributed by atoms with Crippen molar-refractivity contribution in [3.8, 4) is 0 Å². The van der Waals surface area contributed by atoms with Gasteiger partial charge in [0.25, 0.3) is 5.91 Å². The second kappa shape index (κ2) is 3.33. The average molecular weight is 187 g/mol. The molecule has 5 nitrogen and oxygen atoms in total. The fourth-order valence-corrected chi connectivity index (χ4v) is 1.34. The van der Waals surface area contributed by atoms with E-state index in [4.69, 9.17) is 9.47 Å². The van der Waals surface area contributed by atoms with Crippen LogP contribution in [0, 0.1) is 0 Å². The van der Waals surface area contributed by atoms with Gasteiger partial charge in [0.1, 0.15) is 6.54 Å². The summed E-state index contributed by atoms with van der Waals surface area (Å²) in [6, 6.07) is 0. The van der Waals surface area contributed by atoms with Crippen molar-refractivity contribution in [3.05, 3.63) is 0 Å². The number of hydrogen-bond donors (Lipinski definition) is 0. The van der Waals surface area contributed by atoms with E-state index < -0.39 is 11.9 Å². The van der Waals surface area contributed by atoms with Gasteiger partial charge in [0.15, 0.2) is 0 Å². The maximum Gasteiger partial charge on any atom is 0.329 e. The molecule has 0 saturated carbocycles. The number of carbonyl (C=O) groups excluding carboxylic acids is 2. The molecule has 0 aliphatic carbocycles. The van der Waals surface area contributed by atoms with E-state index in [1.807, 2.05) is 0 Å². The second-order valence-corrected chi connectivity index (χ2v) is 2.91. The summed E-state index contributed by atoms with van der Waals surface area (Å²) < 4.78 is 10.1. The fourth-order valence-electron chi connectivity index (χ4n) is 1.34. The Hall–Kier alpha value is -1.10. The highest BCUT2D eigenvalue weighted by atomic mass is 16.7. The van der Waals surface area contributed by atoms with Gasteiger partial charge in [-0.05, 0) is 6.92 Å². The lowest BCUT2D eigenvalue weighted by molar-refractivity contribution is -0.250. The van der Waals surface area contributed by atoms with Crippen LogP contribution in [0.15, 0.2) is 0 Å². The molecule has 1 aliphatic rings. The van der Waals surface area contributed by atoms with Gasteiger partial charge >= 0.3 is 5.97 Å². The molecular weight excluding hydrogens is 174 g/mol. The zero-order valence-electron chi connectivity index (χ0n) is 7.99. The number of hydrogen-bond acceptors (Lipinski definition) is 4. The van der Waals surface area contributed by atoms with Crippen molar-refractivity contribution in [1.29, 1.82) is 0 Å². The molecule has 1 amide bonds. The lowest BCUT2D eigenvalue weighted by Gasteiger charge is -2.30. The van der Waals surface area contributed by atoms with Crippen LogP contribution in [-0.2, 0) is 19.1 Å². The largest absolute Gasteiger partial charge is 0.412 e. The van der Waals surface area contributed by atoms with Crippen LogP contribution in [0.2, 0.25) is 0 Å². The third kappa shape index (κ3) is 1.80. The minimum atomic E-state index is -1.21. The molecule has 1 heterocycles. The Morgan fingerprint density at radius 1 is 1.77 bits per heavy atom. The first-order valence-electron chi connectivity index (χ1n) is 4.13. The summed E-state index contributed by atoms with van der Waals surface area (Å²) in [5.41, 5.74) is 0. The van der Waals surface area contributed by atoms with Crippen molar-refractivity contribution < 1.29 is 19.1 Å². The summed E-state index contributed by atoms with van der Waals surface area (Å²) in [5.74, 6) is -1.88. The predicted octanol–water partition coefficient (Wildman–Crippen LogP) is 0.102. The Morgan fingerprint density at radius 2 is 2.38 bits per heavy atom. The van der Waals surface area contributed by atoms with Crippen molar-refractivity contribution in [2.45, 2.75) is 26.7 Å². The number of ether oxygens (including phenoxy) is 2. The molecule has 0 radical (unpaired) electrons.